The normalized spacial score (nSPS) is 21.3. The van der Waals surface area contributed by atoms with E-state index in [-0.39, 0.29) is 19.3 Å². The van der Waals surface area contributed by atoms with Crippen molar-refractivity contribution in [3.63, 3.8) is 0 Å². The van der Waals surface area contributed by atoms with E-state index in [1.54, 1.807) is 55.5 Å². The number of carbonyl (C=O) groups excluding carboxylic acids is 12. The van der Waals surface area contributed by atoms with Crippen LogP contribution in [0.5, 0.6) is 0 Å². The number of amides is 12. The highest BCUT2D eigenvalue weighted by atomic mass is 16.3. The summed E-state index contributed by atoms with van der Waals surface area (Å²) in [5.74, 6) is -12.2. The third-order valence-corrected chi connectivity index (χ3v) is 18.2. The average Bonchev–Trinajstić information content (AvgIpc) is 1.83. The summed E-state index contributed by atoms with van der Waals surface area (Å²) in [5, 5.41) is 53.2. The summed E-state index contributed by atoms with van der Waals surface area (Å²) in [4.78, 5) is 168. The van der Waals surface area contributed by atoms with E-state index in [0.717, 1.165) is 29.5 Å². The van der Waals surface area contributed by atoms with Gasteiger partial charge in [0.05, 0.1) is 25.3 Å². The van der Waals surface area contributed by atoms with Crippen LogP contribution in [0.15, 0.2) is 54.6 Å². The molecule has 93 heavy (non-hydrogen) atoms. The Balaban J connectivity index is 1.51. The Morgan fingerprint density at radius 2 is 1.01 bits per heavy atom. The molecule has 0 unspecified atom stereocenters. The van der Waals surface area contributed by atoms with Crippen molar-refractivity contribution in [2.24, 2.45) is 29.4 Å². The SMILES string of the molecule is CC[C@H](C)[C@H](NC(=O)[C@@H](Cc1ccc(-c2ccccc2)cc1)NC)C(=O)N[C@@H](CO)C(=O)N[C@H](CCC(N)=O)C(=O)N[C@@H](C(=O)N[C@H](C(=O)N[C@@H](CO)C(=O)N[C@H]1C(=O)N[C@@H](C)C(=O)NC2(CCCCCC2)C(=O)N[C@@H]([C@@H](C)CC)C(=O)N[C@H]1C)[C@@H](C)CC)[C@@H](C)CC. The Morgan fingerprint density at radius 1 is 0.548 bits per heavy atom. The molecule has 2 fully saturated rings. The first-order valence-electron chi connectivity index (χ1n) is 32.8. The first-order chi connectivity index (χ1) is 44.1. The summed E-state index contributed by atoms with van der Waals surface area (Å²) in [5.41, 5.74) is 6.99. The maximum atomic E-state index is 14.5. The van der Waals surface area contributed by atoms with Crippen LogP contribution in [0, 0.1) is 23.7 Å². The fraction of sp³-hybridized carbons (Fsp3) is 0.636. The van der Waals surface area contributed by atoms with Gasteiger partial charge in [0.2, 0.25) is 70.9 Å². The highest BCUT2D eigenvalue weighted by Gasteiger charge is 2.45. The molecule has 1 saturated heterocycles. The van der Waals surface area contributed by atoms with Crippen molar-refractivity contribution in [2.75, 3.05) is 20.3 Å². The van der Waals surface area contributed by atoms with Crippen LogP contribution >= 0.6 is 0 Å². The summed E-state index contributed by atoms with van der Waals surface area (Å²) in [6.07, 6.45) is 4.38. The largest absolute Gasteiger partial charge is 0.394 e. The highest BCUT2D eigenvalue weighted by molar-refractivity contribution is 6.01. The van der Waals surface area contributed by atoms with E-state index in [1.807, 2.05) is 61.5 Å². The van der Waals surface area contributed by atoms with Crippen molar-refractivity contribution in [2.45, 2.75) is 225 Å². The van der Waals surface area contributed by atoms with Crippen LogP contribution in [0.3, 0.4) is 0 Å². The number of primary amides is 1. The molecule has 0 bridgehead atoms. The van der Waals surface area contributed by atoms with E-state index in [4.69, 9.17) is 5.73 Å². The van der Waals surface area contributed by atoms with Gasteiger partial charge in [-0.2, -0.15) is 0 Å². The van der Waals surface area contributed by atoms with Gasteiger partial charge in [0.25, 0.3) is 0 Å². The zero-order valence-electron chi connectivity index (χ0n) is 55.8. The van der Waals surface area contributed by atoms with Crippen LogP contribution in [-0.4, -0.2) is 173 Å². The van der Waals surface area contributed by atoms with Gasteiger partial charge in [0, 0.05) is 6.42 Å². The van der Waals surface area contributed by atoms with Crippen molar-refractivity contribution in [1.29, 1.82) is 0 Å². The fourth-order valence-electron chi connectivity index (χ4n) is 11.1. The molecule has 1 aliphatic carbocycles. The van der Waals surface area contributed by atoms with Crippen LogP contribution in [0.4, 0.5) is 0 Å². The van der Waals surface area contributed by atoms with Gasteiger partial charge in [-0.25, -0.2) is 0 Å². The smallest absolute Gasteiger partial charge is 0.246 e. The van der Waals surface area contributed by atoms with Gasteiger partial charge in [-0.15, -0.1) is 0 Å². The first-order valence-corrected chi connectivity index (χ1v) is 32.8. The maximum Gasteiger partial charge on any atom is 0.246 e. The quantitative estimate of drug-likeness (QED) is 0.0474. The van der Waals surface area contributed by atoms with Crippen molar-refractivity contribution >= 4 is 70.9 Å². The molecule has 27 heteroatoms. The number of rotatable bonds is 31. The Bertz CT molecular complexity index is 2870. The van der Waals surface area contributed by atoms with Gasteiger partial charge < -0.3 is 79.7 Å². The molecular weight excluding hydrogens is 1200 g/mol. The van der Waals surface area contributed by atoms with Gasteiger partial charge in [-0.05, 0) is 86.9 Å². The molecule has 1 aliphatic heterocycles. The van der Waals surface area contributed by atoms with Crippen LogP contribution in [0.1, 0.15) is 152 Å². The van der Waals surface area contributed by atoms with E-state index in [1.165, 1.54) is 13.8 Å². The molecule has 0 radical (unpaired) electrons. The second-order valence-corrected chi connectivity index (χ2v) is 25.1. The lowest BCUT2D eigenvalue weighted by Crippen LogP contribution is -2.64. The zero-order chi connectivity index (χ0) is 69.3. The van der Waals surface area contributed by atoms with E-state index in [9.17, 15) is 67.7 Å². The minimum Gasteiger partial charge on any atom is -0.394 e. The molecule has 2 aliphatic rings. The molecular formula is C66H103N13O14. The minimum atomic E-state index is -1.78. The lowest BCUT2D eigenvalue weighted by atomic mass is 9.87. The van der Waals surface area contributed by atoms with Gasteiger partial charge in [-0.1, -0.05) is 161 Å². The molecule has 1 heterocycles. The van der Waals surface area contributed by atoms with Gasteiger partial charge in [-0.3, -0.25) is 57.5 Å². The molecule has 516 valence electrons. The van der Waals surface area contributed by atoms with Gasteiger partial charge in [0.15, 0.2) is 0 Å². The van der Waals surface area contributed by atoms with Crippen molar-refractivity contribution in [1.82, 2.24) is 63.8 Å². The van der Waals surface area contributed by atoms with Gasteiger partial charge in [0.1, 0.15) is 59.9 Å². The molecule has 1 saturated carbocycles. The second-order valence-electron chi connectivity index (χ2n) is 25.1. The molecule has 27 nitrogen and oxygen atoms in total. The predicted molar refractivity (Wildman–Crippen MR) is 348 cm³/mol. The third kappa shape index (κ3) is 22.3. The van der Waals surface area contributed by atoms with E-state index < -0.39 is 193 Å². The summed E-state index contributed by atoms with van der Waals surface area (Å²) < 4.78 is 0. The number of aliphatic hydroxyl groups is 2. The summed E-state index contributed by atoms with van der Waals surface area (Å²) >= 11 is 0. The number of likely N-dealkylation sites (N-methyl/N-ethyl adjacent to an activating group) is 1. The van der Waals surface area contributed by atoms with Crippen molar-refractivity contribution in [3.05, 3.63) is 60.2 Å². The zero-order valence-corrected chi connectivity index (χ0v) is 55.8. The third-order valence-electron chi connectivity index (χ3n) is 18.2. The van der Waals surface area contributed by atoms with E-state index in [0.29, 0.717) is 38.5 Å². The monoisotopic (exact) mass is 1300 g/mol. The lowest BCUT2D eigenvalue weighted by Gasteiger charge is -2.35. The van der Waals surface area contributed by atoms with Crippen LogP contribution < -0.4 is 69.5 Å². The molecule has 2 aromatic carbocycles. The van der Waals surface area contributed by atoms with Crippen molar-refractivity contribution in [3.8, 4) is 11.1 Å². The van der Waals surface area contributed by atoms with Crippen LogP contribution in [0.25, 0.3) is 11.1 Å². The number of hydrogen-bond acceptors (Lipinski definition) is 15. The Morgan fingerprint density at radius 3 is 1.49 bits per heavy atom. The fourth-order valence-corrected chi connectivity index (χ4v) is 11.1. The Hall–Kier alpha value is -8.04. The number of hydrogen-bond donors (Lipinski definition) is 15. The second kappa shape index (κ2) is 37.6. The minimum absolute atomic E-state index is 0.269. The maximum absolute atomic E-state index is 14.5. The molecule has 15 atom stereocenters. The number of benzene rings is 2. The topological polar surface area (TPSA) is 416 Å². The average molecular weight is 1300 g/mol. The van der Waals surface area contributed by atoms with E-state index >= 15 is 0 Å². The van der Waals surface area contributed by atoms with Crippen LogP contribution in [0.2, 0.25) is 0 Å². The number of nitrogens with two attached hydrogens (primary N) is 1. The lowest BCUT2D eigenvalue weighted by molar-refractivity contribution is -0.138. The molecule has 12 amide bonds. The number of aliphatic hydroxyl groups excluding tert-OH is 2. The Kier molecular flexibility index (Phi) is 31.3. The number of nitrogens with one attached hydrogen (secondary N) is 12. The molecule has 2 aromatic rings. The molecule has 1 spiro atoms. The first kappa shape index (κ1) is 77.4. The van der Waals surface area contributed by atoms with Crippen molar-refractivity contribution < 1.29 is 67.7 Å². The molecule has 16 N–H and O–H groups in total. The van der Waals surface area contributed by atoms with E-state index in [2.05, 4.69) is 63.8 Å². The van der Waals surface area contributed by atoms with Gasteiger partial charge >= 0.3 is 0 Å². The van der Waals surface area contributed by atoms with Crippen LogP contribution in [-0.2, 0) is 64.0 Å². The molecule has 4 rings (SSSR count). The predicted octanol–water partition coefficient (Wildman–Crippen LogP) is 0.0292. The summed E-state index contributed by atoms with van der Waals surface area (Å²) in [6, 6.07) is 2.42. The molecule has 0 aromatic heterocycles. The summed E-state index contributed by atoms with van der Waals surface area (Å²) in [7, 11) is 1.61. The standard InChI is InChI=1S/C66H103N13O14/c1-12-36(5)50(75-57(85)46(68-11)33-42-25-27-44(28-26-42)43-23-19-18-20-24-43)61(89)72-47(34-80)58(86)71-45(29-30-49(67)82)56(84)74-52(38(7)14-3)63(91)76-51(37(6)13-2)62(90)73-48(35-81)59(87)77-54-40(9)69-60(88)53(39(8)15-4)78-65(93)66(31-21-16-17-22-32-66)79-55(83)41(10)70-64(54)92/h18-20,23-28,36-41,45-48,50-54,68,80-81H,12-17,21-22,29-35H2,1-11H3,(H2,67,82)(H,69,88)(H,70,92)(H,71,86)(H,72,89)(H,73,90)(H,74,84)(H,75,85)(H,76,91)(H,77,87)(H,78,93)(H,79,83)/t36-,37-,38-,39-,40-,41-,45+,46+,47-,48-,50-,51-,52+,53-,54+/m0/s1. The Labute approximate surface area is 546 Å². The highest BCUT2D eigenvalue weighted by Crippen LogP contribution is 2.29. The summed E-state index contributed by atoms with van der Waals surface area (Å²) in [6.45, 7) is 14.7. The number of carbonyl (C=O) groups is 12.